The van der Waals surface area contributed by atoms with Crippen LogP contribution in [0.2, 0.25) is 0 Å². The van der Waals surface area contributed by atoms with Crippen molar-refractivity contribution in [3.05, 3.63) is 29.0 Å². The summed E-state index contributed by atoms with van der Waals surface area (Å²) in [5.74, 6) is 0.00715. The number of piperidine rings is 1. The average molecular weight is 333 g/mol. The average Bonchev–Trinajstić information content (AvgIpc) is 3.15. The second kappa shape index (κ2) is 7.70. The summed E-state index contributed by atoms with van der Waals surface area (Å²) >= 11 is 1.51. The summed E-state index contributed by atoms with van der Waals surface area (Å²) in [4.78, 5) is 19.0. The number of hydrogen-bond acceptors (Lipinski definition) is 5. The summed E-state index contributed by atoms with van der Waals surface area (Å²) < 4.78 is 1.75. The molecule has 1 amide bonds. The van der Waals surface area contributed by atoms with Gasteiger partial charge in [-0.3, -0.25) is 14.4 Å². The van der Waals surface area contributed by atoms with Crippen molar-refractivity contribution in [3.63, 3.8) is 0 Å². The molecule has 7 heteroatoms. The van der Waals surface area contributed by atoms with E-state index in [1.165, 1.54) is 30.6 Å². The predicted octanol–water partition coefficient (Wildman–Crippen LogP) is 2.43. The van der Waals surface area contributed by atoms with Gasteiger partial charge in [0, 0.05) is 31.6 Å². The van der Waals surface area contributed by atoms with Crippen LogP contribution in [0.15, 0.2) is 17.8 Å². The van der Waals surface area contributed by atoms with E-state index in [0.29, 0.717) is 18.0 Å². The number of carbonyl (C=O) groups is 1. The van der Waals surface area contributed by atoms with Gasteiger partial charge in [0.25, 0.3) is 0 Å². The van der Waals surface area contributed by atoms with Gasteiger partial charge in [0.2, 0.25) is 5.91 Å². The van der Waals surface area contributed by atoms with E-state index in [-0.39, 0.29) is 5.91 Å². The number of nitrogens with zero attached hydrogens (tertiary/aromatic N) is 4. The fourth-order valence-electron chi connectivity index (χ4n) is 2.82. The molecule has 3 rings (SSSR count). The lowest BCUT2D eigenvalue weighted by atomic mass is 10.1. The number of aryl methyl sites for hydroxylation is 2. The maximum atomic E-state index is 12.0. The first-order valence-electron chi connectivity index (χ1n) is 8.13. The fourth-order valence-corrected chi connectivity index (χ4v) is 3.54. The van der Waals surface area contributed by atoms with Gasteiger partial charge in [0.1, 0.15) is 0 Å². The Kier molecular flexibility index (Phi) is 5.40. The predicted molar refractivity (Wildman–Crippen MR) is 91.4 cm³/mol. The molecule has 23 heavy (non-hydrogen) atoms. The first-order chi connectivity index (χ1) is 11.2. The topological polar surface area (TPSA) is 63.1 Å². The van der Waals surface area contributed by atoms with Crippen LogP contribution in [0.3, 0.4) is 0 Å². The molecule has 1 aliphatic heterocycles. The highest BCUT2D eigenvalue weighted by molar-refractivity contribution is 7.13. The second-order valence-corrected chi connectivity index (χ2v) is 6.91. The Bertz CT molecular complexity index is 644. The van der Waals surface area contributed by atoms with E-state index in [4.69, 9.17) is 0 Å². The third-order valence-electron chi connectivity index (χ3n) is 4.03. The van der Waals surface area contributed by atoms with Crippen molar-refractivity contribution in [3.8, 4) is 0 Å². The van der Waals surface area contributed by atoms with Gasteiger partial charge in [-0.1, -0.05) is 6.42 Å². The quantitative estimate of drug-likeness (QED) is 0.882. The van der Waals surface area contributed by atoms with Gasteiger partial charge in [0.05, 0.1) is 11.9 Å². The Hall–Kier alpha value is -1.73. The minimum atomic E-state index is 0.00715. The monoisotopic (exact) mass is 333 g/mol. The van der Waals surface area contributed by atoms with Crippen molar-refractivity contribution < 1.29 is 4.79 Å². The Balaban J connectivity index is 1.45. The van der Waals surface area contributed by atoms with Gasteiger partial charge < -0.3 is 5.32 Å². The number of anilines is 1. The number of aromatic nitrogens is 3. The van der Waals surface area contributed by atoms with Crippen molar-refractivity contribution in [2.24, 2.45) is 7.05 Å². The summed E-state index contributed by atoms with van der Waals surface area (Å²) in [5, 5.41) is 9.76. The molecule has 6 nitrogen and oxygen atoms in total. The van der Waals surface area contributed by atoms with E-state index in [9.17, 15) is 4.79 Å². The first-order valence-corrected chi connectivity index (χ1v) is 9.01. The lowest BCUT2D eigenvalue weighted by Crippen LogP contribution is -2.29. The van der Waals surface area contributed by atoms with Crippen molar-refractivity contribution in [1.82, 2.24) is 19.7 Å². The number of nitrogens with one attached hydrogen (secondary N) is 1. The van der Waals surface area contributed by atoms with Crippen LogP contribution >= 0.6 is 11.3 Å². The minimum absolute atomic E-state index is 0.00715. The Morgan fingerprint density at radius 3 is 2.91 bits per heavy atom. The van der Waals surface area contributed by atoms with Gasteiger partial charge in [-0.15, -0.1) is 11.3 Å². The van der Waals surface area contributed by atoms with E-state index < -0.39 is 0 Å². The molecule has 2 aromatic rings. The van der Waals surface area contributed by atoms with Crippen LogP contribution < -0.4 is 5.32 Å². The molecule has 1 aliphatic rings. The minimum Gasteiger partial charge on any atom is -0.302 e. The standard InChI is InChI=1S/C16H23N5OS/c1-20-10-13(9-17-20)5-6-15(22)19-16-18-14(12-23-16)11-21-7-3-2-4-8-21/h9-10,12H,2-8,11H2,1H3,(H,18,19,22). The molecule has 1 fully saturated rings. The molecule has 2 aromatic heterocycles. The van der Waals surface area contributed by atoms with Crippen LogP contribution in [0.1, 0.15) is 36.9 Å². The summed E-state index contributed by atoms with van der Waals surface area (Å²) in [6, 6.07) is 0. The fraction of sp³-hybridized carbons (Fsp3) is 0.562. The lowest BCUT2D eigenvalue weighted by molar-refractivity contribution is -0.116. The number of likely N-dealkylation sites (tertiary alicyclic amines) is 1. The SMILES string of the molecule is Cn1cc(CCC(=O)Nc2nc(CN3CCCCC3)cs2)cn1. The molecular weight excluding hydrogens is 310 g/mol. The van der Waals surface area contributed by atoms with Crippen molar-refractivity contribution >= 4 is 22.4 Å². The van der Waals surface area contributed by atoms with E-state index >= 15 is 0 Å². The molecule has 124 valence electrons. The molecule has 0 spiro atoms. The molecule has 1 N–H and O–H groups in total. The highest BCUT2D eigenvalue weighted by atomic mass is 32.1. The highest BCUT2D eigenvalue weighted by Gasteiger charge is 2.13. The van der Waals surface area contributed by atoms with Gasteiger partial charge >= 0.3 is 0 Å². The van der Waals surface area contributed by atoms with Crippen LogP contribution in [0, 0.1) is 0 Å². The van der Waals surface area contributed by atoms with E-state index in [0.717, 1.165) is 30.9 Å². The molecule has 0 radical (unpaired) electrons. The molecule has 0 unspecified atom stereocenters. The molecule has 1 saturated heterocycles. The van der Waals surface area contributed by atoms with E-state index in [2.05, 4.69) is 20.3 Å². The Morgan fingerprint density at radius 1 is 1.35 bits per heavy atom. The zero-order chi connectivity index (χ0) is 16.1. The molecular formula is C16H23N5OS. The lowest BCUT2D eigenvalue weighted by Gasteiger charge is -2.25. The molecule has 0 aromatic carbocycles. The van der Waals surface area contributed by atoms with E-state index in [1.54, 1.807) is 10.9 Å². The van der Waals surface area contributed by atoms with E-state index in [1.807, 2.05) is 18.6 Å². The molecule has 0 bridgehead atoms. The van der Waals surface area contributed by atoms with Gasteiger partial charge in [-0.05, 0) is 37.9 Å². The summed E-state index contributed by atoms with van der Waals surface area (Å²) in [6.07, 6.45) is 8.79. The summed E-state index contributed by atoms with van der Waals surface area (Å²) in [7, 11) is 1.88. The molecule has 0 saturated carbocycles. The maximum Gasteiger partial charge on any atom is 0.226 e. The zero-order valence-electron chi connectivity index (χ0n) is 13.5. The van der Waals surface area contributed by atoms with Crippen LogP contribution in [0.25, 0.3) is 0 Å². The molecule has 3 heterocycles. The third-order valence-corrected chi connectivity index (χ3v) is 4.84. The third kappa shape index (κ3) is 4.87. The van der Waals surface area contributed by atoms with Gasteiger partial charge in [-0.2, -0.15) is 5.10 Å². The number of hydrogen-bond donors (Lipinski definition) is 1. The number of rotatable bonds is 6. The number of carbonyl (C=O) groups excluding carboxylic acids is 1. The molecule has 0 aliphatic carbocycles. The maximum absolute atomic E-state index is 12.0. The van der Waals surface area contributed by atoms with Gasteiger partial charge in [-0.25, -0.2) is 4.98 Å². The second-order valence-electron chi connectivity index (χ2n) is 6.05. The normalized spacial score (nSPS) is 15.7. The highest BCUT2D eigenvalue weighted by Crippen LogP contribution is 2.19. The smallest absolute Gasteiger partial charge is 0.226 e. The van der Waals surface area contributed by atoms with Crippen molar-refractivity contribution in [2.45, 2.75) is 38.6 Å². The number of amides is 1. The van der Waals surface area contributed by atoms with Crippen LogP contribution in [-0.2, 0) is 24.8 Å². The van der Waals surface area contributed by atoms with Crippen molar-refractivity contribution in [1.29, 1.82) is 0 Å². The Morgan fingerprint density at radius 2 is 2.17 bits per heavy atom. The molecule has 0 atom stereocenters. The Labute approximate surface area is 140 Å². The summed E-state index contributed by atoms with van der Waals surface area (Å²) in [6.45, 7) is 3.21. The number of thiazole rings is 1. The first kappa shape index (κ1) is 16.1. The van der Waals surface area contributed by atoms with Crippen LogP contribution in [0.4, 0.5) is 5.13 Å². The van der Waals surface area contributed by atoms with Gasteiger partial charge in [0.15, 0.2) is 5.13 Å². The zero-order valence-corrected chi connectivity index (χ0v) is 14.3. The van der Waals surface area contributed by atoms with Crippen LogP contribution in [-0.4, -0.2) is 38.7 Å². The summed E-state index contributed by atoms with van der Waals surface area (Å²) in [5.41, 5.74) is 2.13. The van der Waals surface area contributed by atoms with Crippen molar-refractivity contribution in [2.75, 3.05) is 18.4 Å². The largest absolute Gasteiger partial charge is 0.302 e. The van der Waals surface area contributed by atoms with Crippen LogP contribution in [0.5, 0.6) is 0 Å².